The number of sulfone groups is 1. The number of carbonyl (C=O) groups excluding carboxylic acids is 5. The number of nitrogens with two attached hydrogens (primary N) is 1. The third-order valence-corrected chi connectivity index (χ3v) is 13.7. The molecule has 3 aliphatic rings. The van der Waals surface area contributed by atoms with Crippen LogP contribution in [0.25, 0.3) is 0 Å². The number of ether oxygens (including phenoxy) is 1. The van der Waals surface area contributed by atoms with E-state index in [-0.39, 0.29) is 44.1 Å². The molecule has 2 aliphatic carbocycles. The van der Waals surface area contributed by atoms with Crippen LogP contribution < -0.4 is 21.7 Å². The summed E-state index contributed by atoms with van der Waals surface area (Å²) in [7, 11) is -3.59. The Morgan fingerprint density at radius 3 is 2.11 bits per heavy atom. The standard InChI is InChI=1S/C39H61N5O8S/c1-37(2,3)22-30(42-36(49)43-39(18-11-8-12-19-39)25-53(50,51)38(4,5)6)35(48)44-23-28(52-24-27-14-9-7-10-15-27)21-31(44)34(47)41-29(32(45)33(40)46)20-26-16-13-17-26/h7,9-10,14-15,26,28-31H,8,11-13,16-25H2,1-6H3,(H2,40,46)(H,41,47)(H2,42,43,49). The minimum atomic E-state index is -3.59. The largest absolute Gasteiger partial charge is 0.372 e. The second-order valence-corrected chi connectivity index (χ2v) is 20.4. The van der Waals surface area contributed by atoms with E-state index >= 15 is 0 Å². The average molecular weight is 760 g/mol. The summed E-state index contributed by atoms with van der Waals surface area (Å²) < 4.78 is 32.0. The number of primary amides is 1. The van der Waals surface area contributed by atoms with E-state index in [0.717, 1.165) is 44.1 Å². The molecule has 4 atom stereocenters. The zero-order chi connectivity index (χ0) is 39.2. The molecular weight excluding hydrogens is 699 g/mol. The van der Waals surface area contributed by atoms with Crippen molar-refractivity contribution in [2.24, 2.45) is 17.1 Å². The number of likely N-dealkylation sites (tertiary alicyclic amines) is 1. The SMILES string of the molecule is CC(C)(C)CC(NC(=O)NC1(CS(=O)(=O)C(C)(C)C)CCCCC1)C(=O)N1CC(OCc2ccccc2)CC1C(=O)NC(CC1CCC1)C(=O)C(N)=O. The van der Waals surface area contributed by atoms with Crippen LogP contribution in [0.5, 0.6) is 0 Å². The first-order chi connectivity index (χ1) is 24.7. The number of benzene rings is 1. The van der Waals surface area contributed by atoms with Crippen LogP contribution in [0.1, 0.15) is 118 Å². The molecule has 3 fully saturated rings. The lowest BCUT2D eigenvalue weighted by atomic mass is 9.80. The number of Topliss-reactive ketones (excluding diaryl/α,β-unsaturated/α-hetero) is 1. The second kappa shape index (κ2) is 17.3. The van der Waals surface area contributed by atoms with Gasteiger partial charge in [0.2, 0.25) is 17.6 Å². The topological polar surface area (TPSA) is 194 Å². The lowest BCUT2D eigenvalue weighted by molar-refractivity contribution is -0.142. The van der Waals surface area contributed by atoms with Gasteiger partial charge >= 0.3 is 6.03 Å². The van der Waals surface area contributed by atoms with Crippen LogP contribution in [-0.4, -0.2) is 89.7 Å². The number of ketones is 1. The highest BCUT2D eigenvalue weighted by molar-refractivity contribution is 7.92. The number of nitrogens with one attached hydrogen (secondary N) is 3. The Morgan fingerprint density at radius 2 is 1.57 bits per heavy atom. The fraction of sp³-hybridized carbons (Fsp3) is 0.718. The third-order valence-electron chi connectivity index (χ3n) is 10.9. The molecule has 14 heteroatoms. The van der Waals surface area contributed by atoms with Gasteiger partial charge < -0.3 is 31.3 Å². The number of carbonyl (C=O) groups is 5. The Hall–Kier alpha value is -3.52. The van der Waals surface area contributed by atoms with Gasteiger partial charge in [0.05, 0.1) is 34.8 Å². The van der Waals surface area contributed by atoms with E-state index in [0.29, 0.717) is 12.8 Å². The monoisotopic (exact) mass is 759 g/mol. The highest BCUT2D eigenvalue weighted by Crippen LogP contribution is 2.34. The fourth-order valence-corrected chi connectivity index (χ4v) is 9.01. The van der Waals surface area contributed by atoms with E-state index in [9.17, 15) is 32.4 Å². The first-order valence-electron chi connectivity index (χ1n) is 19.1. The van der Waals surface area contributed by atoms with Gasteiger partial charge in [-0.3, -0.25) is 19.2 Å². The van der Waals surface area contributed by atoms with Crippen molar-refractivity contribution in [3.05, 3.63) is 35.9 Å². The molecule has 53 heavy (non-hydrogen) atoms. The minimum absolute atomic E-state index is 0.0541. The molecule has 0 spiro atoms. The van der Waals surface area contributed by atoms with Gasteiger partial charge in [-0.1, -0.05) is 89.6 Å². The molecule has 0 bridgehead atoms. The maximum atomic E-state index is 14.6. The first-order valence-corrected chi connectivity index (χ1v) is 20.7. The van der Waals surface area contributed by atoms with Crippen molar-refractivity contribution in [3.8, 4) is 0 Å². The Balaban J connectivity index is 1.59. The smallest absolute Gasteiger partial charge is 0.315 e. The molecule has 4 unspecified atom stereocenters. The molecule has 1 aromatic rings. The molecule has 296 valence electrons. The van der Waals surface area contributed by atoms with Gasteiger partial charge in [0.25, 0.3) is 5.91 Å². The van der Waals surface area contributed by atoms with Gasteiger partial charge in [0.15, 0.2) is 9.84 Å². The fourth-order valence-electron chi connectivity index (χ4n) is 7.49. The van der Waals surface area contributed by atoms with Crippen LogP contribution in [0.3, 0.4) is 0 Å². The lowest BCUT2D eigenvalue weighted by Gasteiger charge is -2.40. The minimum Gasteiger partial charge on any atom is -0.372 e. The summed E-state index contributed by atoms with van der Waals surface area (Å²) in [5.74, 6) is -3.16. The van der Waals surface area contributed by atoms with Gasteiger partial charge in [-0.2, -0.15) is 0 Å². The van der Waals surface area contributed by atoms with Gasteiger partial charge in [-0.15, -0.1) is 0 Å². The molecule has 1 saturated heterocycles. The summed E-state index contributed by atoms with van der Waals surface area (Å²) in [6.07, 6.45) is 6.31. The molecule has 5 N–H and O–H groups in total. The molecule has 4 rings (SSSR count). The summed E-state index contributed by atoms with van der Waals surface area (Å²) in [6, 6.07) is 5.61. The second-order valence-electron chi connectivity index (χ2n) is 17.6. The van der Waals surface area contributed by atoms with Gasteiger partial charge in [0, 0.05) is 13.0 Å². The van der Waals surface area contributed by atoms with Crippen molar-refractivity contribution in [3.63, 3.8) is 0 Å². The molecule has 1 aromatic carbocycles. The van der Waals surface area contributed by atoms with Crippen LogP contribution in [0.15, 0.2) is 30.3 Å². The van der Waals surface area contributed by atoms with Gasteiger partial charge in [-0.05, 0) is 63.4 Å². The maximum absolute atomic E-state index is 14.6. The quantitative estimate of drug-likeness (QED) is 0.193. The number of rotatable bonds is 15. The molecule has 0 aromatic heterocycles. The number of urea groups is 1. The van der Waals surface area contributed by atoms with Crippen molar-refractivity contribution >= 4 is 39.4 Å². The van der Waals surface area contributed by atoms with E-state index in [1.165, 1.54) is 4.90 Å². The van der Waals surface area contributed by atoms with Crippen LogP contribution in [-0.2, 0) is 40.4 Å². The Bertz CT molecular complexity index is 1580. The number of amides is 5. The summed E-state index contributed by atoms with van der Waals surface area (Å²) in [6.45, 7) is 11.1. The van der Waals surface area contributed by atoms with Crippen LogP contribution in [0.4, 0.5) is 4.79 Å². The van der Waals surface area contributed by atoms with Crippen molar-refractivity contribution in [1.82, 2.24) is 20.9 Å². The van der Waals surface area contributed by atoms with E-state index in [1.54, 1.807) is 20.8 Å². The zero-order valence-electron chi connectivity index (χ0n) is 32.4. The highest BCUT2D eigenvalue weighted by Gasteiger charge is 2.46. The molecule has 5 amide bonds. The Morgan fingerprint density at radius 1 is 0.925 bits per heavy atom. The molecule has 13 nitrogen and oxygen atoms in total. The molecular formula is C39H61N5O8S. The van der Waals surface area contributed by atoms with E-state index in [1.807, 2.05) is 51.1 Å². The average Bonchev–Trinajstić information content (AvgIpc) is 3.47. The molecule has 2 saturated carbocycles. The highest BCUT2D eigenvalue weighted by atomic mass is 32.2. The normalized spacial score (nSPS) is 21.9. The lowest BCUT2D eigenvalue weighted by Crippen LogP contribution is -2.62. The third kappa shape index (κ3) is 11.7. The summed E-state index contributed by atoms with van der Waals surface area (Å²) in [5, 5.41) is 8.61. The Labute approximate surface area is 315 Å². The number of hydrogen-bond acceptors (Lipinski definition) is 8. The first kappa shape index (κ1) is 42.2. The molecule has 1 heterocycles. The van der Waals surface area contributed by atoms with E-state index in [4.69, 9.17) is 10.5 Å². The maximum Gasteiger partial charge on any atom is 0.315 e. The summed E-state index contributed by atoms with van der Waals surface area (Å²) in [4.78, 5) is 68.7. The van der Waals surface area contributed by atoms with Crippen molar-refractivity contribution in [1.29, 1.82) is 0 Å². The van der Waals surface area contributed by atoms with Crippen LogP contribution in [0.2, 0.25) is 0 Å². The van der Waals surface area contributed by atoms with E-state index in [2.05, 4.69) is 16.0 Å². The number of hydrogen-bond donors (Lipinski definition) is 4. The Kier molecular flexibility index (Phi) is 13.8. The summed E-state index contributed by atoms with van der Waals surface area (Å²) in [5.41, 5.74) is 4.86. The van der Waals surface area contributed by atoms with Crippen molar-refractivity contribution < 1.29 is 37.1 Å². The molecule has 1 aliphatic heterocycles. The predicted molar refractivity (Wildman–Crippen MR) is 202 cm³/mol. The van der Waals surface area contributed by atoms with Gasteiger partial charge in [0.1, 0.15) is 12.1 Å². The van der Waals surface area contributed by atoms with Crippen LogP contribution in [0, 0.1) is 11.3 Å². The zero-order valence-corrected chi connectivity index (χ0v) is 33.2. The molecule has 0 radical (unpaired) electrons. The van der Waals surface area contributed by atoms with Gasteiger partial charge in [-0.25, -0.2) is 13.2 Å². The van der Waals surface area contributed by atoms with Crippen molar-refractivity contribution in [2.75, 3.05) is 12.3 Å². The van der Waals surface area contributed by atoms with Crippen molar-refractivity contribution in [2.45, 2.75) is 153 Å². The predicted octanol–water partition coefficient (Wildman–Crippen LogP) is 3.92. The van der Waals surface area contributed by atoms with Crippen LogP contribution >= 0.6 is 0 Å². The summed E-state index contributed by atoms with van der Waals surface area (Å²) >= 11 is 0. The van der Waals surface area contributed by atoms with E-state index < -0.39 is 79.3 Å². The number of nitrogens with zero attached hydrogens (tertiary/aromatic N) is 1.